The van der Waals surface area contributed by atoms with Gasteiger partial charge in [-0.05, 0) is 71.1 Å². The zero-order valence-corrected chi connectivity index (χ0v) is 21.9. The highest BCUT2D eigenvalue weighted by molar-refractivity contribution is 6.00. The summed E-state index contributed by atoms with van der Waals surface area (Å²) in [5, 5.41) is 15.5. The van der Waals surface area contributed by atoms with Crippen molar-refractivity contribution in [3.8, 4) is 0 Å². The number of carbonyl (C=O) groups excluding carboxylic acids is 3. The fraction of sp³-hybridized carbons (Fsp3) is 0.464. The molecule has 0 heterocycles. The van der Waals surface area contributed by atoms with Gasteiger partial charge in [-0.25, -0.2) is 4.79 Å². The summed E-state index contributed by atoms with van der Waals surface area (Å²) in [6, 6.07) is 10.8. The molecule has 8 nitrogen and oxygen atoms in total. The van der Waals surface area contributed by atoms with Crippen LogP contribution in [-0.2, 0) is 14.3 Å². The summed E-state index contributed by atoms with van der Waals surface area (Å²) in [6.45, 7) is 10.3. The second-order valence-corrected chi connectivity index (χ2v) is 10.4. The summed E-state index contributed by atoms with van der Waals surface area (Å²) in [5.41, 5.74) is 3.44. The fourth-order valence-electron chi connectivity index (χ4n) is 4.08. The number of aryl methyl sites for hydroxylation is 3. The number of alkyl carbamates (subject to hydrolysis) is 1. The van der Waals surface area contributed by atoms with Crippen molar-refractivity contribution in [2.24, 2.45) is 0 Å². The molecule has 2 aromatic rings. The van der Waals surface area contributed by atoms with E-state index in [1.165, 1.54) is 4.90 Å². The summed E-state index contributed by atoms with van der Waals surface area (Å²) in [5.74, 6) is -0.890. The monoisotopic (exact) mass is 495 g/mol. The van der Waals surface area contributed by atoms with E-state index in [1.54, 1.807) is 20.8 Å². The van der Waals surface area contributed by atoms with Gasteiger partial charge < -0.3 is 25.4 Å². The number of rotatable bonds is 8. The Morgan fingerprint density at radius 1 is 1.03 bits per heavy atom. The minimum atomic E-state index is -1.25. The number of ether oxygens (including phenoxy) is 1. The third-order valence-corrected chi connectivity index (χ3v) is 6.02. The van der Waals surface area contributed by atoms with Crippen molar-refractivity contribution >= 4 is 23.6 Å². The molecule has 2 unspecified atom stereocenters. The number of carbonyl (C=O) groups is 3. The van der Waals surface area contributed by atoms with Crippen LogP contribution in [-0.4, -0.2) is 52.2 Å². The van der Waals surface area contributed by atoms with Crippen molar-refractivity contribution in [2.75, 3.05) is 11.9 Å². The van der Waals surface area contributed by atoms with Gasteiger partial charge in [0.25, 0.3) is 5.91 Å². The topological polar surface area (TPSA) is 108 Å². The summed E-state index contributed by atoms with van der Waals surface area (Å²) in [6.07, 6.45) is 0.655. The van der Waals surface area contributed by atoms with Crippen LogP contribution in [0.15, 0.2) is 42.5 Å². The van der Waals surface area contributed by atoms with Gasteiger partial charge >= 0.3 is 6.09 Å². The highest BCUT2D eigenvalue weighted by Gasteiger charge is 2.44. The van der Waals surface area contributed by atoms with Gasteiger partial charge in [0.2, 0.25) is 5.91 Å². The normalized spacial score (nSPS) is 15.0. The van der Waals surface area contributed by atoms with Crippen molar-refractivity contribution in [1.29, 1.82) is 0 Å². The predicted molar refractivity (Wildman–Crippen MR) is 139 cm³/mol. The Balaban J connectivity index is 1.97. The number of aliphatic hydroxyl groups excluding tert-OH is 1. The van der Waals surface area contributed by atoms with Gasteiger partial charge in [-0.3, -0.25) is 9.59 Å². The van der Waals surface area contributed by atoms with E-state index in [9.17, 15) is 19.5 Å². The maximum absolute atomic E-state index is 13.8. The zero-order valence-electron chi connectivity index (χ0n) is 21.9. The van der Waals surface area contributed by atoms with Crippen LogP contribution in [0.5, 0.6) is 0 Å². The molecule has 1 fully saturated rings. The van der Waals surface area contributed by atoms with Crippen molar-refractivity contribution in [3.63, 3.8) is 0 Å². The lowest BCUT2D eigenvalue weighted by atomic mass is 10.0. The summed E-state index contributed by atoms with van der Waals surface area (Å²) >= 11 is 0. The minimum absolute atomic E-state index is 0.179. The first-order valence-electron chi connectivity index (χ1n) is 12.3. The Kier molecular flexibility index (Phi) is 8.40. The molecular weight excluding hydrogens is 458 g/mol. The van der Waals surface area contributed by atoms with Crippen LogP contribution >= 0.6 is 0 Å². The highest BCUT2D eigenvalue weighted by atomic mass is 16.6. The molecule has 3 rings (SSSR count). The summed E-state index contributed by atoms with van der Waals surface area (Å²) in [7, 11) is 0. The average Bonchev–Trinajstić information content (AvgIpc) is 3.62. The molecule has 8 heteroatoms. The Labute approximate surface area is 213 Å². The number of aliphatic hydroxyl groups is 1. The van der Waals surface area contributed by atoms with Crippen LogP contribution in [0.2, 0.25) is 0 Å². The number of nitrogens with one attached hydrogen (secondary N) is 2. The van der Waals surface area contributed by atoms with Crippen molar-refractivity contribution in [3.05, 3.63) is 64.7 Å². The fourth-order valence-corrected chi connectivity index (χ4v) is 4.08. The van der Waals surface area contributed by atoms with E-state index < -0.39 is 36.3 Å². The standard InChI is InChI=1S/C28H37N3O5/c1-17-10-12-20(13-11-17)24(25(33)30-23-18(2)8-7-9-19(23)3)31(21-14-15-21)26(34)22(16-32)29-27(35)36-28(4,5)6/h7-13,21-22,24,32H,14-16H2,1-6H3,(H,29,35)(H,30,33). The van der Waals surface area contributed by atoms with Crippen molar-refractivity contribution in [1.82, 2.24) is 10.2 Å². The Bertz CT molecular complexity index is 1080. The van der Waals surface area contributed by atoms with Crippen LogP contribution in [0.1, 0.15) is 61.9 Å². The van der Waals surface area contributed by atoms with Gasteiger partial charge in [-0.15, -0.1) is 0 Å². The Morgan fingerprint density at radius 3 is 2.11 bits per heavy atom. The molecule has 1 aliphatic carbocycles. The molecule has 194 valence electrons. The van der Waals surface area contributed by atoms with E-state index in [4.69, 9.17) is 4.74 Å². The van der Waals surface area contributed by atoms with Crippen LogP contribution in [0.25, 0.3) is 0 Å². The first-order valence-corrected chi connectivity index (χ1v) is 12.3. The summed E-state index contributed by atoms with van der Waals surface area (Å²) < 4.78 is 5.28. The lowest BCUT2D eigenvalue weighted by Gasteiger charge is -2.34. The smallest absolute Gasteiger partial charge is 0.408 e. The Morgan fingerprint density at radius 2 is 1.61 bits per heavy atom. The molecule has 36 heavy (non-hydrogen) atoms. The van der Waals surface area contributed by atoms with Crippen molar-refractivity contribution in [2.45, 2.75) is 78.1 Å². The van der Waals surface area contributed by atoms with E-state index in [2.05, 4.69) is 10.6 Å². The number of anilines is 1. The van der Waals surface area contributed by atoms with Crippen LogP contribution in [0, 0.1) is 20.8 Å². The largest absolute Gasteiger partial charge is 0.444 e. The number of amides is 3. The molecule has 0 aliphatic heterocycles. The molecule has 0 bridgehead atoms. The van der Waals surface area contributed by atoms with Crippen LogP contribution < -0.4 is 10.6 Å². The zero-order chi connectivity index (χ0) is 26.6. The first kappa shape index (κ1) is 27.2. The van der Waals surface area contributed by atoms with E-state index in [1.807, 2.05) is 63.2 Å². The molecule has 3 amide bonds. The highest BCUT2D eigenvalue weighted by Crippen LogP contribution is 2.36. The number of benzene rings is 2. The lowest BCUT2D eigenvalue weighted by molar-refractivity contribution is -0.142. The third kappa shape index (κ3) is 6.85. The van der Waals surface area contributed by atoms with Gasteiger partial charge in [0.1, 0.15) is 17.7 Å². The average molecular weight is 496 g/mol. The predicted octanol–water partition coefficient (Wildman–Crippen LogP) is 4.17. The maximum atomic E-state index is 13.8. The lowest BCUT2D eigenvalue weighted by Crippen LogP contribution is -2.54. The molecular formula is C28H37N3O5. The van der Waals surface area contributed by atoms with Gasteiger partial charge in [-0.2, -0.15) is 0 Å². The number of hydrogen-bond donors (Lipinski definition) is 3. The molecule has 0 radical (unpaired) electrons. The van der Waals surface area contributed by atoms with E-state index >= 15 is 0 Å². The maximum Gasteiger partial charge on any atom is 0.408 e. The van der Waals surface area contributed by atoms with E-state index in [0.29, 0.717) is 11.3 Å². The first-order chi connectivity index (χ1) is 16.9. The molecule has 0 saturated heterocycles. The number of para-hydroxylation sites is 1. The van der Waals surface area contributed by atoms with Gasteiger partial charge in [0, 0.05) is 11.7 Å². The molecule has 1 saturated carbocycles. The SMILES string of the molecule is Cc1ccc(C(C(=O)Nc2c(C)cccc2C)N(C(=O)C(CO)NC(=O)OC(C)(C)C)C2CC2)cc1. The van der Waals surface area contributed by atoms with Gasteiger partial charge in [0.05, 0.1) is 6.61 Å². The number of nitrogens with zero attached hydrogens (tertiary/aromatic N) is 1. The van der Waals surface area contributed by atoms with Crippen LogP contribution in [0.3, 0.4) is 0 Å². The van der Waals surface area contributed by atoms with Crippen molar-refractivity contribution < 1.29 is 24.2 Å². The van der Waals surface area contributed by atoms with E-state index in [-0.39, 0.29) is 11.9 Å². The summed E-state index contributed by atoms with van der Waals surface area (Å²) in [4.78, 5) is 41.4. The molecule has 1 aliphatic rings. The molecule has 0 aromatic heterocycles. The molecule has 3 N–H and O–H groups in total. The second-order valence-electron chi connectivity index (χ2n) is 10.4. The second kappa shape index (κ2) is 11.1. The molecule has 0 spiro atoms. The molecule has 2 aromatic carbocycles. The van der Waals surface area contributed by atoms with Gasteiger partial charge in [0.15, 0.2) is 0 Å². The third-order valence-electron chi connectivity index (χ3n) is 6.02. The van der Waals surface area contributed by atoms with Gasteiger partial charge in [-0.1, -0.05) is 48.0 Å². The van der Waals surface area contributed by atoms with E-state index in [0.717, 1.165) is 29.5 Å². The Hall–Kier alpha value is -3.39. The minimum Gasteiger partial charge on any atom is -0.444 e. The number of hydrogen-bond acceptors (Lipinski definition) is 5. The van der Waals surface area contributed by atoms with Crippen LogP contribution in [0.4, 0.5) is 10.5 Å². The quantitative estimate of drug-likeness (QED) is 0.510. The molecule has 2 atom stereocenters.